The molecule has 1 fully saturated rings. The van der Waals surface area contributed by atoms with E-state index in [1.54, 1.807) is 6.20 Å². The average Bonchev–Trinajstić information content (AvgIpc) is 3.06. The third kappa shape index (κ3) is 4.60. The van der Waals surface area contributed by atoms with Crippen molar-refractivity contribution in [3.63, 3.8) is 0 Å². The zero-order chi connectivity index (χ0) is 17.6. The van der Waals surface area contributed by atoms with E-state index in [2.05, 4.69) is 25.8 Å². The standard InChI is InChI=1S/C19H26N4O2/c1-15(5-6-16-4-3-9-22(16)2)21-19(24)18-14-17(7-8-20-18)23-10-12-25-13-11-23/h3-4,7-9,14-15H,5-6,10-13H2,1-2H3,(H,21,24)/t15-/m0/s1. The molecule has 6 nitrogen and oxygen atoms in total. The van der Waals surface area contributed by atoms with Crippen LogP contribution in [-0.2, 0) is 18.2 Å². The van der Waals surface area contributed by atoms with Gasteiger partial charge in [0, 0.05) is 50.0 Å². The van der Waals surface area contributed by atoms with Crippen molar-refractivity contribution in [2.24, 2.45) is 7.05 Å². The van der Waals surface area contributed by atoms with E-state index in [1.165, 1.54) is 5.69 Å². The van der Waals surface area contributed by atoms with E-state index in [9.17, 15) is 4.79 Å². The maximum absolute atomic E-state index is 12.5. The van der Waals surface area contributed by atoms with Crippen LogP contribution in [0.4, 0.5) is 5.69 Å². The molecule has 1 N–H and O–H groups in total. The van der Waals surface area contributed by atoms with Crippen LogP contribution in [-0.4, -0.2) is 47.8 Å². The smallest absolute Gasteiger partial charge is 0.270 e. The molecule has 0 spiro atoms. The van der Waals surface area contributed by atoms with E-state index in [4.69, 9.17) is 4.74 Å². The number of carbonyl (C=O) groups excluding carboxylic acids is 1. The van der Waals surface area contributed by atoms with Crippen LogP contribution >= 0.6 is 0 Å². The highest BCUT2D eigenvalue weighted by atomic mass is 16.5. The Morgan fingerprint density at radius 3 is 2.88 bits per heavy atom. The monoisotopic (exact) mass is 342 g/mol. The van der Waals surface area contributed by atoms with Gasteiger partial charge in [0.1, 0.15) is 5.69 Å². The molecule has 0 radical (unpaired) electrons. The zero-order valence-corrected chi connectivity index (χ0v) is 14.9. The first-order chi connectivity index (χ1) is 12.1. The number of aromatic nitrogens is 2. The van der Waals surface area contributed by atoms with Gasteiger partial charge in [-0.1, -0.05) is 0 Å². The van der Waals surface area contributed by atoms with Gasteiger partial charge in [-0.2, -0.15) is 0 Å². The largest absolute Gasteiger partial charge is 0.378 e. The molecule has 3 rings (SSSR count). The van der Waals surface area contributed by atoms with E-state index in [0.29, 0.717) is 5.69 Å². The van der Waals surface area contributed by atoms with Gasteiger partial charge < -0.3 is 19.5 Å². The van der Waals surface area contributed by atoms with Gasteiger partial charge in [-0.05, 0) is 44.0 Å². The molecule has 0 aliphatic carbocycles. The number of ether oxygens (including phenoxy) is 1. The number of amides is 1. The Labute approximate surface area is 148 Å². The molecule has 1 aliphatic rings. The highest BCUT2D eigenvalue weighted by Crippen LogP contribution is 2.16. The van der Waals surface area contributed by atoms with Crippen LogP contribution < -0.4 is 10.2 Å². The van der Waals surface area contributed by atoms with Crippen LogP contribution in [0.15, 0.2) is 36.7 Å². The molecule has 3 heterocycles. The molecule has 25 heavy (non-hydrogen) atoms. The number of nitrogens with zero attached hydrogens (tertiary/aromatic N) is 3. The third-order valence-corrected chi connectivity index (χ3v) is 4.61. The molecule has 0 bridgehead atoms. The van der Waals surface area contributed by atoms with Gasteiger partial charge in [0.2, 0.25) is 0 Å². The number of rotatable bonds is 6. The number of morpholine rings is 1. The molecule has 2 aromatic rings. The summed E-state index contributed by atoms with van der Waals surface area (Å²) in [5.41, 5.74) is 2.77. The number of anilines is 1. The Morgan fingerprint density at radius 1 is 1.36 bits per heavy atom. The average molecular weight is 342 g/mol. The second-order valence-electron chi connectivity index (χ2n) is 6.52. The van der Waals surface area contributed by atoms with Crippen molar-refractivity contribution >= 4 is 11.6 Å². The molecular formula is C19H26N4O2. The number of nitrogens with one attached hydrogen (secondary N) is 1. The summed E-state index contributed by atoms with van der Waals surface area (Å²) in [7, 11) is 2.04. The molecule has 2 aromatic heterocycles. The van der Waals surface area contributed by atoms with Gasteiger partial charge in [-0.3, -0.25) is 9.78 Å². The Balaban J connectivity index is 1.56. The van der Waals surface area contributed by atoms with Gasteiger partial charge in [-0.25, -0.2) is 0 Å². The van der Waals surface area contributed by atoms with E-state index in [1.807, 2.05) is 38.4 Å². The van der Waals surface area contributed by atoms with Crippen LogP contribution in [0.2, 0.25) is 0 Å². The Morgan fingerprint density at radius 2 is 2.16 bits per heavy atom. The van der Waals surface area contributed by atoms with Crippen molar-refractivity contribution < 1.29 is 9.53 Å². The normalized spacial score (nSPS) is 15.8. The van der Waals surface area contributed by atoms with Crippen LogP contribution in [0.5, 0.6) is 0 Å². The lowest BCUT2D eigenvalue weighted by atomic mass is 10.1. The molecule has 134 valence electrons. The fourth-order valence-corrected chi connectivity index (χ4v) is 3.05. The van der Waals surface area contributed by atoms with Gasteiger partial charge in [0.15, 0.2) is 0 Å². The Hall–Kier alpha value is -2.34. The van der Waals surface area contributed by atoms with Crippen molar-refractivity contribution in [2.75, 3.05) is 31.2 Å². The van der Waals surface area contributed by atoms with E-state index < -0.39 is 0 Å². The highest BCUT2D eigenvalue weighted by molar-refractivity contribution is 5.93. The lowest BCUT2D eigenvalue weighted by Crippen LogP contribution is -2.37. The first-order valence-corrected chi connectivity index (χ1v) is 8.83. The predicted octanol–water partition coefficient (Wildman–Crippen LogP) is 2.01. The molecule has 1 aliphatic heterocycles. The fourth-order valence-electron chi connectivity index (χ4n) is 3.05. The fraction of sp³-hybridized carbons (Fsp3) is 0.474. The molecule has 6 heteroatoms. The molecule has 0 unspecified atom stereocenters. The lowest BCUT2D eigenvalue weighted by Gasteiger charge is -2.28. The van der Waals surface area contributed by atoms with E-state index in [-0.39, 0.29) is 11.9 Å². The van der Waals surface area contributed by atoms with Gasteiger partial charge in [0.25, 0.3) is 5.91 Å². The summed E-state index contributed by atoms with van der Waals surface area (Å²) >= 11 is 0. The molecule has 0 saturated carbocycles. The molecule has 1 saturated heterocycles. The van der Waals surface area contributed by atoms with Crippen molar-refractivity contribution in [3.05, 3.63) is 48.0 Å². The first-order valence-electron chi connectivity index (χ1n) is 8.83. The summed E-state index contributed by atoms with van der Waals surface area (Å²) in [6, 6.07) is 8.06. The zero-order valence-electron chi connectivity index (χ0n) is 14.9. The minimum atomic E-state index is -0.116. The minimum absolute atomic E-state index is 0.0937. The van der Waals surface area contributed by atoms with E-state index in [0.717, 1.165) is 44.8 Å². The maximum atomic E-state index is 12.5. The second-order valence-corrected chi connectivity index (χ2v) is 6.52. The number of hydrogen-bond acceptors (Lipinski definition) is 4. The van der Waals surface area contributed by atoms with Gasteiger partial charge >= 0.3 is 0 Å². The Kier molecular flexibility index (Phi) is 5.71. The summed E-state index contributed by atoms with van der Waals surface area (Å²) in [4.78, 5) is 19.0. The Bertz CT molecular complexity index is 707. The SMILES string of the molecule is C[C@@H](CCc1cccn1C)NC(=O)c1cc(N2CCOCC2)ccn1. The van der Waals surface area contributed by atoms with Crippen molar-refractivity contribution in [3.8, 4) is 0 Å². The minimum Gasteiger partial charge on any atom is -0.378 e. The lowest BCUT2D eigenvalue weighted by molar-refractivity contribution is 0.0933. The summed E-state index contributed by atoms with van der Waals surface area (Å²) < 4.78 is 7.49. The number of hydrogen-bond donors (Lipinski definition) is 1. The molecule has 1 amide bonds. The highest BCUT2D eigenvalue weighted by Gasteiger charge is 2.15. The maximum Gasteiger partial charge on any atom is 0.270 e. The summed E-state index contributed by atoms with van der Waals surface area (Å²) in [6.07, 6.45) is 5.58. The topological polar surface area (TPSA) is 59.4 Å². The van der Waals surface area contributed by atoms with Crippen molar-refractivity contribution in [1.82, 2.24) is 14.9 Å². The summed E-state index contributed by atoms with van der Waals surface area (Å²) in [6.45, 7) is 5.17. The van der Waals surface area contributed by atoms with Gasteiger partial charge in [0.05, 0.1) is 13.2 Å². The summed E-state index contributed by atoms with van der Waals surface area (Å²) in [5.74, 6) is -0.116. The van der Waals surface area contributed by atoms with Crippen LogP contribution in [0, 0.1) is 0 Å². The molecule has 0 aromatic carbocycles. The van der Waals surface area contributed by atoms with Gasteiger partial charge in [-0.15, -0.1) is 0 Å². The van der Waals surface area contributed by atoms with Crippen LogP contribution in [0.1, 0.15) is 29.5 Å². The van der Waals surface area contributed by atoms with E-state index >= 15 is 0 Å². The second kappa shape index (κ2) is 8.16. The van der Waals surface area contributed by atoms with Crippen molar-refractivity contribution in [1.29, 1.82) is 0 Å². The van der Waals surface area contributed by atoms with Crippen molar-refractivity contribution in [2.45, 2.75) is 25.8 Å². The molecule has 1 atom stereocenters. The first kappa shape index (κ1) is 17.5. The number of pyridine rings is 1. The third-order valence-electron chi connectivity index (χ3n) is 4.61. The summed E-state index contributed by atoms with van der Waals surface area (Å²) in [5, 5.41) is 3.05. The number of aryl methyl sites for hydroxylation is 2. The predicted molar refractivity (Wildman–Crippen MR) is 97.9 cm³/mol. The quantitative estimate of drug-likeness (QED) is 0.872. The van der Waals surface area contributed by atoms with Crippen LogP contribution in [0.3, 0.4) is 0 Å². The van der Waals surface area contributed by atoms with Crippen LogP contribution in [0.25, 0.3) is 0 Å². The molecular weight excluding hydrogens is 316 g/mol. The number of carbonyl (C=O) groups is 1.